The van der Waals surface area contributed by atoms with E-state index in [0.29, 0.717) is 18.5 Å². The number of aromatic nitrogens is 3. The number of nitrogens with zero attached hydrogens (tertiary/aromatic N) is 4. The molecule has 0 N–H and O–H groups in total. The summed E-state index contributed by atoms with van der Waals surface area (Å²) < 4.78 is 42.9. The summed E-state index contributed by atoms with van der Waals surface area (Å²) in [5.74, 6) is -0.701. The van der Waals surface area contributed by atoms with E-state index in [9.17, 15) is 18.0 Å². The zero-order valence-corrected chi connectivity index (χ0v) is 14.8. The van der Waals surface area contributed by atoms with Gasteiger partial charge < -0.3 is 9.32 Å². The monoisotopic (exact) mass is 390 g/mol. The van der Waals surface area contributed by atoms with Gasteiger partial charge in [-0.25, -0.2) is 0 Å². The molecule has 2 aromatic heterocycles. The molecule has 0 bridgehead atoms. The van der Waals surface area contributed by atoms with E-state index in [-0.39, 0.29) is 11.8 Å². The molecule has 0 radical (unpaired) electrons. The Hall–Kier alpha value is -2.97. The third kappa shape index (κ3) is 3.83. The second-order valence-electron chi connectivity index (χ2n) is 6.75. The SMILES string of the molecule is O=C(c1cnc2ccccc2c1)N1CCCC[C@H]1c1nnc(CC(F)(F)F)o1. The van der Waals surface area contributed by atoms with Crippen LogP contribution in [0.1, 0.15) is 47.4 Å². The van der Waals surface area contributed by atoms with Crippen molar-refractivity contribution in [3.63, 3.8) is 0 Å². The largest absolute Gasteiger partial charge is 0.423 e. The van der Waals surface area contributed by atoms with Crippen LogP contribution in [-0.4, -0.2) is 38.7 Å². The summed E-state index contributed by atoms with van der Waals surface area (Å²) in [6.07, 6.45) is -2.02. The second-order valence-corrected chi connectivity index (χ2v) is 6.75. The summed E-state index contributed by atoms with van der Waals surface area (Å²) in [6.45, 7) is 0.466. The number of carbonyl (C=O) groups is 1. The number of para-hydroxylation sites is 1. The van der Waals surface area contributed by atoms with Gasteiger partial charge in [-0.1, -0.05) is 18.2 Å². The Morgan fingerprint density at radius 3 is 2.86 bits per heavy atom. The Kier molecular flexibility index (Phi) is 4.74. The van der Waals surface area contributed by atoms with E-state index in [1.165, 1.54) is 6.20 Å². The number of piperidine rings is 1. The average molecular weight is 390 g/mol. The number of hydrogen-bond donors (Lipinski definition) is 0. The number of hydrogen-bond acceptors (Lipinski definition) is 5. The summed E-state index contributed by atoms with van der Waals surface area (Å²) in [4.78, 5) is 19.0. The van der Waals surface area contributed by atoms with E-state index in [2.05, 4.69) is 15.2 Å². The lowest BCUT2D eigenvalue weighted by Gasteiger charge is -2.33. The second kappa shape index (κ2) is 7.21. The van der Waals surface area contributed by atoms with Gasteiger partial charge in [-0.15, -0.1) is 10.2 Å². The summed E-state index contributed by atoms with van der Waals surface area (Å²) in [5.41, 5.74) is 1.20. The highest BCUT2D eigenvalue weighted by molar-refractivity contribution is 5.97. The minimum Gasteiger partial charge on any atom is -0.423 e. The van der Waals surface area contributed by atoms with Gasteiger partial charge in [0.05, 0.1) is 11.1 Å². The number of halogens is 3. The zero-order valence-electron chi connectivity index (χ0n) is 14.8. The number of carbonyl (C=O) groups excluding carboxylic acids is 1. The van der Waals surface area contributed by atoms with Crippen molar-refractivity contribution >= 4 is 16.8 Å². The fourth-order valence-corrected chi connectivity index (χ4v) is 3.43. The number of benzene rings is 1. The van der Waals surface area contributed by atoms with Crippen LogP contribution in [0.2, 0.25) is 0 Å². The van der Waals surface area contributed by atoms with Crippen LogP contribution in [0.4, 0.5) is 13.2 Å². The smallest absolute Gasteiger partial charge is 0.397 e. The molecule has 3 heterocycles. The number of rotatable bonds is 3. The first-order valence-corrected chi connectivity index (χ1v) is 8.95. The lowest BCUT2D eigenvalue weighted by atomic mass is 10.0. The molecule has 0 aliphatic carbocycles. The van der Waals surface area contributed by atoms with Crippen LogP contribution in [-0.2, 0) is 6.42 Å². The molecule has 0 unspecified atom stereocenters. The third-order valence-corrected chi connectivity index (χ3v) is 4.72. The highest BCUT2D eigenvalue weighted by Gasteiger charge is 2.35. The third-order valence-electron chi connectivity index (χ3n) is 4.72. The fraction of sp³-hybridized carbons (Fsp3) is 0.368. The van der Waals surface area contributed by atoms with Crippen molar-refractivity contribution in [2.45, 2.75) is 37.9 Å². The number of amides is 1. The van der Waals surface area contributed by atoms with Crippen LogP contribution < -0.4 is 0 Å². The van der Waals surface area contributed by atoms with Gasteiger partial charge in [-0.3, -0.25) is 9.78 Å². The van der Waals surface area contributed by atoms with Gasteiger partial charge in [-0.05, 0) is 31.4 Å². The van der Waals surface area contributed by atoms with Crippen molar-refractivity contribution in [2.24, 2.45) is 0 Å². The highest BCUT2D eigenvalue weighted by atomic mass is 19.4. The van der Waals surface area contributed by atoms with Crippen LogP contribution in [0.5, 0.6) is 0 Å². The van der Waals surface area contributed by atoms with Gasteiger partial charge >= 0.3 is 6.18 Å². The van der Waals surface area contributed by atoms with Gasteiger partial charge in [0.1, 0.15) is 12.5 Å². The molecule has 6 nitrogen and oxygen atoms in total. The number of fused-ring (bicyclic) bond motifs is 1. The van der Waals surface area contributed by atoms with Crippen molar-refractivity contribution in [2.75, 3.05) is 6.54 Å². The molecule has 28 heavy (non-hydrogen) atoms. The van der Waals surface area contributed by atoms with E-state index in [0.717, 1.165) is 23.7 Å². The molecular formula is C19H17F3N4O2. The molecule has 146 valence electrons. The van der Waals surface area contributed by atoms with Crippen molar-refractivity contribution < 1.29 is 22.4 Å². The summed E-state index contributed by atoms with van der Waals surface area (Å²) >= 11 is 0. The van der Waals surface area contributed by atoms with Crippen LogP contribution in [0.25, 0.3) is 10.9 Å². The predicted molar refractivity (Wildman–Crippen MR) is 93.4 cm³/mol. The van der Waals surface area contributed by atoms with Gasteiger partial charge in [0.25, 0.3) is 5.91 Å². The first kappa shape index (κ1) is 18.4. The molecular weight excluding hydrogens is 373 g/mol. The minimum absolute atomic E-state index is 0.0426. The Morgan fingerprint density at radius 1 is 1.21 bits per heavy atom. The van der Waals surface area contributed by atoms with E-state index in [4.69, 9.17) is 4.42 Å². The highest BCUT2D eigenvalue weighted by Crippen LogP contribution is 2.32. The number of alkyl halides is 3. The molecule has 1 aromatic carbocycles. The minimum atomic E-state index is -4.43. The Balaban J connectivity index is 1.60. The topological polar surface area (TPSA) is 72.1 Å². The maximum Gasteiger partial charge on any atom is 0.397 e. The first-order valence-electron chi connectivity index (χ1n) is 8.95. The van der Waals surface area contributed by atoms with E-state index in [1.54, 1.807) is 11.0 Å². The lowest BCUT2D eigenvalue weighted by Crippen LogP contribution is -2.38. The van der Waals surface area contributed by atoms with Crippen molar-refractivity contribution in [1.82, 2.24) is 20.1 Å². The Bertz CT molecular complexity index is 1000. The molecule has 1 atom stereocenters. The molecule has 1 aliphatic heterocycles. The zero-order chi connectivity index (χ0) is 19.7. The van der Waals surface area contributed by atoms with E-state index in [1.807, 2.05) is 24.3 Å². The van der Waals surface area contributed by atoms with Crippen LogP contribution >= 0.6 is 0 Å². The molecule has 0 spiro atoms. The maximum absolute atomic E-state index is 13.1. The Labute approximate surface area is 158 Å². The number of likely N-dealkylation sites (tertiary alicyclic amines) is 1. The molecule has 1 fully saturated rings. The molecule has 0 saturated carbocycles. The molecule has 1 amide bonds. The normalized spacial score (nSPS) is 17.8. The summed E-state index contributed by atoms with van der Waals surface area (Å²) in [6, 6.07) is 8.68. The quantitative estimate of drug-likeness (QED) is 0.674. The van der Waals surface area contributed by atoms with Crippen molar-refractivity contribution in [3.8, 4) is 0 Å². The standard InChI is InChI=1S/C19H17F3N4O2/c20-19(21,22)10-16-24-25-17(28-16)15-7-3-4-8-26(15)18(27)13-9-12-5-1-2-6-14(12)23-11-13/h1-2,5-6,9,11,15H,3-4,7-8,10H2/t15-/m0/s1. The van der Waals surface area contributed by atoms with Crippen LogP contribution in [0.3, 0.4) is 0 Å². The maximum atomic E-state index is 13.1. The fourth-order valence-electron chi connectivity index (χ4n) is 3.43. The van der Waals surface area contributed by atoms with E-state index < -0.39 is 24.5 Å². The number of pyridine rings is 1. The Morgan fingerprint density at radius 2 is 2.04 bits per heavy atom. The average Bonchev–Trinajstić information content (AvgIpc) is 3.13. The molecule has 3 aromatic rings. The molecule has 9 heteroatoms. The molecule has 1 saturated heterocycles. The van der Waals surface area contributed by atoms with Gasteiger partial charge in [-0.2, -0.15) is 13.2 Å². The summed E-state index contributed by atoms with van der Waals surface area (Å²) in [7, 11) is 0. The van der Waals surface area contributed by atoms with E-state index >= 15 is 0 Å². The first-order chi connectivity index (χ1) is 13.4. The predicted octanol–water partition coefficient (Wildman–Crippen LogP) is 4.09. The molecule has 4 rings (SSSR count). The van der Waals surface area contributed by atoms with Gasteiger partial charge in [0, 0.05) is 18.1 Å². The van der Waals surface area contributed by atoms with Crippen molar-refractivity contribution in [3.05, 3.63) is 53.9 Å². The van der Waals surface area contributed by atoms with Gasteiger partial charge in [0.15, 0.2) is 0 Å². The lowest BCUT2D eigenvalue weighted by molar-refractivity contribution is -0.131. The van der Waals surface area contributed by atoms with Crippen LogP contribution in [0.15, 0.2) is 40.9 Å². The van der Waals surface area contributed by atoms with Gasteiger partial charge in [0.2, 0.25) is 11.8 Å². The van der Waals surface area contributed by atoms with Crippen LogP contribution in [0, 0.1) is 0 Å². The summed E-state index contributed by atoms with van der Waals surface area (Å²) in [5, 5.41) is 8.11. The van der Waals surface area contributed by atoms with Crippen molar-refractivity contribution in [1.29, 1.82) is 0 Å². The molecule has 1 aliphatic rings.